The Morgan fingerprint density at radius 1 is 1.35 bits per heavy atom. The van der Waals surface area contributed by atoms with E-state index in [1.54, 1.807) is 7.11 Å². The Kier molecular flexibility index (Phi) is 3.95. The van der Waals surface area contributed by atoms with Gasteiger partial charge in [-0.15, -0.1) is 0 Å². The highest BCUT2D eigenvalue weighted by atomic mass is 16.5. The monoisotopic (exact) mass is 313 g/mol. The van der Waals surface area contributed by atoms with Crippen molar-refractivity contribution in [1.82, 2.24) is 10.3 Å². The van der Waals surface area contributed by atoms with E-state index in [1.807, 2.05) is 18.3 Å². The van der Waals surface area contributed by atoms with E-state index >= 15 is 0 Å². The molecule has 5 nitrogen and oxygen atoms in total. The Morgan fingerprint density at radius 2 is 2.22 bits per heavy atom. The van der Waals surface area contributed by atoms with Crippen LogP contribution in [-0.2, 0) is 0 Å². The van der Waals surface area contributed by atoms with Crippen molar-refractivity contribution in [1.29, 1.82) is 0 Å². The van der Waals surface area contributed by atoms with Crippen molar-refractivity contribution in [2.75, 3.05) is 44.8 Å². The lowest BCUT2D eigenvalue weighted by molar-refractivity contribution is 0.295. The molecule has 122 valence electrons. The van der Waals surface area contributed by atoms with Crippen molar-refractivity contribution in [3.63, 3.8) is 0 Å². The van der Waals surface area contributed by atoms with E-state index in [9.17, 15) is 0 Å². The minimum atomic E-state index is 0.731. The Hall–Kier alpha value is -2.01. The molecule has 4 rings (SSSR count). The fourth-order valence-corrected chi connectivity index (χ4v) is 3.63. The molecule has 1 fully saturated rings. The van der Waals surface area contributed by atoms with Crippen molar-refractivity contribution in [3.05, 3.63) is 24.4 Å². The first-order valence-electron chi connectivity index (χ1n) is 8.40. The van der Waals surface area contributed by atoms with Crippen molar-refractivity contribution < 1.29 is 9.47 Å². The molecule has 1 aromatic carbocycles. The minimum Gasteiger partial charge on any atom is -0.497 e. The second-order valence-electron chi connectivity index (χ2n) is 6.34. The van der Waals surface area contributed by atoms with Crippen LogP contribution in [0.1, 0.15) is 12.8 Å². The molecule has 3 heterocycles. The van der Waals surface area contributed by atoms with Gasteiger partial charge in [0.25, 0.3) is 0 Å². The summed E-state index contributed by atoms with van der Waals surface area (Å²) in [6.07, 6.45) is 4.36. The van der Waals surface area contributed by atoms with Crippen LogP contribution < -0.4 is 19.7 Å². The Bertz CT molecular complexity index is 693. The zero-order chi connectivity index (χ0) is 15.6. The van der Waals surface area contributed by atoms with Gasteiger partial charge in [-0.1, -0.05) is 0 Å². The van der Waals surface area contributed by atoms with Gasteiger partial charge in [-0.2, -0.15) is 0 Å². The maximum absolute atomic E-state index is 5.87. The highest BCUT2D eigenvalue weighted by Crippen LogP contribution is 2.39. The zero-order valence-corrected chi connectivity index (χ0v) is 13.5. The Labute approximate surface area is 136 Å². The SMILES string of the molecule is COc1ccc2ncc3c(c2c1)N(CC1CCNCC1)CCO3. The number of fused-ring (bicyclic) bond motifs is 3. The van der Waals surface area contributed by atoms with Crippen LogP contribution in [0.3, 0.4) is 0 Å². The third kappa shape index (κ3) is 2.81. The van der Waals surface area contributed by atoms with E-state index in [4.69, 9.17) is 9.47 Å². The number of aromatic nitrogens is 1. The number of benzene rings is 1. The highest BCUT2D eigenvalue weighted by Gasteiger charge is 2.25. The fraction of sp³-hybridized carbons (Fsp3) is 0.500. The third-order valence-corrected chi connectivity index (χ3v) is 4.89. The molecule has 23 heavy (non-hydrogen) atoms. The largest absolute Gasteiger partial charge is 0.497 e. The summed E-state index contributed by atoms with van der Waals surface area (Å²) in [4.78, 5) is 7.02. The lowest BCUT2D eigenvalue weighted by atomic mass is 9.97. The van der Waals surface area contributed by atoms with Gasteiger partial charge >= 0.3 is 0 Å². The molecule has 2 aromatic rings. The Balaban J connectivity index is 1.73. The summed E-state index contributed by atoms with van der Waals surface area (Å²) >= 11 is 0. The molecule has 5 heteroatoms. The predicted octanol–water partition coefficient (Wildman–Crippen LogP) is 2.44. The van der Waals surface area contributed by atoms with Gasteiger partial charge in [0.05, 0.1) is 31.1 Å². The van der Waals surface area contributed by atoms with Crippen LogP contribution in [0.25, 0.3) is 10.9 Å². The van der Waals surface area contributed by atoms with Crippen LogP contribution in [0, 0.1) is 5.92 Å². The summed E-state index contributed by atoms with van der Waals surface area (Å²) in [5.41, 5.74) is 2.17. The summed E-state index contributed by atoms with van der Waals surface area (Å²) in [5, 5.41) is 4.57. The average molecular weight is 313 g/mol. The maximum Gasteiger partial charge on any atom is 0.161 e. The number of rotatable bonds is 3. The number of piperidine rings is 1. The zero-order valence-electron chi connectivity index (χ0n) is 13.5. The quantitative estimate of drug-likeness (QED) is 0.943. The van der Waals surface area contributed by atoms with E-state index in [1.165, 1.54) is 18.5 Å². The predicted molar refractivity (Wildman–Crippen MR) is 91.6 cm³/mol. The molecule has 0 spiro atoms. The van der Waals surface area contributed by atoms with Crippen molar-refractivity contribution in [3.8, 4) is 11.5 Å². The summed E-state index contributed by atoms with van der Waals surface area (Å²) in [7, 11) is 1.70. The first-order chi connectivity index (χ1) is 11.3. The molecule has 0 radical (unpaired) electrons. The molecule has 1 saturated heterocycles. The van der Waals surface area contributed by atoms with E-state index in [2.05, 4.69) is 21.3 Å². The molecule has 0 amide bonds. The van der Waals surface area contributed by atoms with Crippen molar-refractivity contribution in [2.45, 2.75) is 12.8 Å². The van der Waals surface area contributed by atoms with E-state index in [0.717, 1.165) is 61.1 Å². The molecule has 0 bridgehead atoms. The van der Waals surface area contributed by atoms with Crippen molar-refractivity contribution >= 4 is 16.6 Å². The number of methoxy groups -OCH3 is 1. The van der Waals surface area contributed by atoms with Gasteiger partial charge in [0, 0.05) is 11.9 Å². The smallest absolute Gasteiger partial charge is 0.161 e. The topological polar surface area (TPSA) is 46.6 Å². The number of hydrogen-bond acceptors (Lipinski definition) is 5. The standard InChI is InChI=1S/C18H23N3O2/c1-22-14-2-3-16-15(10-14)18-17(11-20-16)23-9-8-21(18)12-13-4-6-19-7-5-13/h2-3,10-11,13,19H,4-9,12H2,1H3. The molecule has 1 N–H and O–H groups in total. The third-order valence-electron chi connectivity index (χ3n) is 4.89. The van der Waals surface area contributed by atoms with Gasteiger partial charge in [-0.3, -0.25) is 4.98 Å². The lowest BCUT2D eigenvalue weighted by Gasteiger charge is -2.36. The summed E-state index contributed by atoms with van der Waals surface area (Å²) < 4.78 is 11.3. The summed E-state index contributed by atoms with van der Waals surface area (Å²) in [6, 6.07) is 6.06. The number of pyridine rings is 1. The normalized spacial score (nSPS) is 18.6. The molecular formula is C18H23N3O2. The van der Waals surface area contributed by atoms with Gasteiger partial charge < -0.3 is 19.7 Å². The molecule has 0 aliphatic carbocycles. The van der Waals surface area contributed by atoms with Crippen molar-refractivity contribution in [2.24, 2.45) is 5.92 Å². The highest BCUT2D eigenvalue weighted by molar-refractivity contribution is 5.96. The van der Waals surface area contributed by atoms with Gasteiger partial charge in [0.2, 0.25) is 0 Å². The van der Waals surface area contributed by atoms with Gasteiger partial charge in [0.1, 0.15) is 12.4 Å². The van der Waals surface area contributed by atoms with Crippen LogP contribution in [0.2, 0.25) is 0 Å². The van der Waals surface area contributed by atoms with E-state index in [-0.39, 0.29) is 0 Å². The molecular weight excluding hydrogens is 290 g/mol. The number of hydrogen-bond donors (Lipinski definition) is 1. The fourth-order valence-electron chi connectivity index (χ4n) is 3.63. The molecule has 0 saturated carbocycles. The van der Waals surface area contributed by atoms with Gasteiger partial charge in [-0.05, 0) is 50.0 Å². The maximum atomic E-state index is 5.87. The number of nitrogens with one attached hydrogen (secondary N) is 1. The van der Waals surface area contributed by atoms with Crippen LogP contribution >= 0.6 is 0 Å². The molecule has 2 aliphatic heterocycles. The number of anilines is 1. The van der Waals surface area contributed by atoms with Crippen LogP contribution in [0.5, 0.6) is 11.5 Å². The second-order valence-corrected chi connectivity index (χ2v) is 6.34. The van der Waals surface area contributed by atoms with Crippen LogP contribution in [0.15, 0.2) is 24.4 Å². The second kappa shape index (κ2) is 6.24. The van der Waals surface area contributed by atoms with Crippen LogP contribution in [-0.4, -0.2) is 44.9 Å². The molecule has 2 aliphatic rings. The Morgan fingerprint density at radius 3 is 3.04 bits per heavy atom. The molecule has 0 atom stereocenters. The van der Waals surface area contributed by atoms with E-state index < -0.39 is 0 Å². The first-order valence-corrected chi connectivity index (χ1v) is 8.40. The number of nitrogens with zero attached hydrogens (tertiary/aromatic N) is 2. The average Bonchev–Trinajstić information content (AvgIpc) is 2.62. The summed E-state index contributed by atoms with van der Waals surface area (Å²) in [6.45, 7) is 5.02. The van der Waals surface area contributed by atoms with Gasteiger partial charge in [0.15, 0.2) is 5.75 Å². The molecule has 0 unspecified atom stereocenters. The minimum absolute atomic E-state index is 0.731. The molecule has 1 aromatic heterocycles. The summed E-state index contributed by atoms with van der Waals surface area (Å²) in [5.74, 6) is 2.50. The lowest BCUT2D eigenvalue weighted by Crippen LogP contribution is -2.40. The number of ether oxygens (including phenoxy) is 2. The van der Waals surface area contributed by atoms with Crippen LogP contribution in [0.4, 0.5) is 5.69 Å². The first kappa shape index (κ1) is 14.6. The van der Waals surface area contributed by atoms with E-state index in [0.29, 0.717) is 0 Å². The van der Waals surface area contributed by atoms with Gasteiger partial charge in [-0.25, -0.2) is 0 Å².